The number of aromatic nitrogens is 3. The van der Waals surface area contributed by atoms with Crippen LogP contribution in [0.25, 0.3) is 11.2 Å². The third-order valence-corrected chi connectivity index (χ3v) is 4.48. The summed E-state index contributed by atoms with van der Waals surface area (Å²) in [5.41, 5.74) is 2.87. The Morgan fingerprint density at radius 3 is 2.75 bits per heavy atom. The van der Waals surface area contributed by atoms with Crippen molar-refractivity contribution in [3.8, 4) is 0 Å². The number of pyridine rings is 1. The molecule has 102 valence electrons. The van der Waals surface area contributed by atoms with Crippen LogP contribution in [-0.4, -0.2) is 14.5 Å². The minimum atomic E-state index is 0.360. The Morgan fingerprint density at radius 2 is 2.00 bits per heavy atom. The molecular weight excluding hydrogens is 405 g/mol. The molecule has 0 radical (unpaired) electrons. The van der Waals surface area contributed by atoms with Crippen LogP contribution < -0.4 is 0 Å². The van der Waals surface area contributed by atoms with E-state index in [2.05, 4.69) is 52.5 Å². The van der Waals surface area contributed by atoms with Crippen LogP contribution in [0.15, 0.2) is 45.5 Å². The molecule has 3 aromatic rings. The van der Waals surface area contributed by atoms with Crippen LogP contribution in [-0.2, 0) is 12.4 Å². The highest BCUT2D eigenvalue weighted by atomic mass is 79.9. The Labute approximate surface area is 138 Å². The van der Waals surface area contributed by atoms with Gasteiger partial charge in [0, 0.05) is 15.1 Å². The number of fused-ring (bicyclic) bond motifs is 1. The summed E-state index contributed by atoms with van der Waals surface area (Å²) >= 11 is 13.0. The van der Waals surface area contributed by atoms with E-state index < -0.39 is 0 Å². The molecule has 0 saturated heterocycles. The molecule has 0 bridgehead atoms. The molecule has 0 aliphatic heterocycles. The number of hydrogen-bond acceptors (Lipinski definition) is 2. The normalized spacial score (nSPS) is 11.2. The van der Waals surface area contributed by atoms with Crippen LogP contribution in [0.2, 0.25) is 0 Å². The molecule has 1 aromatic carbocycles. The van der Waals surface area contributed by atoms with Crippen molar-refractivity contribution in [3.63, 3.8) is 0 Å². The molecule has 0 atom stereocenters. The average Bonchev–Trinajstić information content (AvgIpc) is 2.78. The van der Waals surface area contributed by atoms with Crippen molar-refractivity contribution >= 4 is 54.6 Å². The van der Waals surface area contributed by atoms with E-state index in [1.54, 1.807) is 6.20 Å². The molecule has 6 heteroatoms. The zero-order valence-corrected chi connectivity index (χ0v) is 14.3. The summed E-state index contributed by atoms with van der Waals surface area (Å²) in [5, 5.41) is 0. The first-order valence-corrected chi connectivity index (χ1v) is 8.11. The fraction of sp³-hybridized carbons (Fsp3) is 0.143. The Balaban J connectivity index is 2.12. The maximum atomic E-state index is 6.01. The molecule has 2 aromatic heterocycles. The lowest BCUT2D eigenvalue weighted by Crippen LogP contribution is -2.05. The highest BCUT2D eigenvalue weighted by Crippen LogP contribution is 2.23. The molecule has 3 nitrogen and oxygen atoms in total. The predicted molar refractivity (Wildman–Crippen MR) is 88.0 cm³/mol. The lowest BCUT2D eigenvalue weighted by Gasteiger charge is -2.08. The maximum absolute atomic E-state index is 6.01. The second-order valence-corrected chi connectivity index (χ2v) is 6.37. The van der Waals surface area contributed by atoms with Gasteiger partial charge in [-0.1, -0.05) is 34.1 Å². The van der Waals surface area contributed by atoms with Gasteiger partial charge in [-0.15, -0.1) is 11.6 Å². The Kier molecular flexibility index (Phi) is 4.10. The topological polar surface area (TPSA) is 30.7 Å². The van der Waals surface area contributed by atoms with E-state index in [0.717, 1.165) is 25.9 Å². The summed E-state index contributed by atoms with van der Waals surface area (Å²) in [5.74, 6) is 1.18. The van der Waals surface area contributed by atoms with Gasteiger partial charge in [0.05, 0.1) is 12.4 Å². The zero-order chi connectivity index (χ0) is 14.1. The summed E-state index contributed by atoms with van der Waals surface area (Å²) in [6, 6.07) is 10.1. The quantitative estimate of drug-likeness (QED) is 0.579. The van der Waals surface area contributed by atoms with Crippen molar-refractivity contribution in [2.75, 3.05) is 0 Å². The van der Waals surface area contributed by atoms with Crippen molar-refractivity contribution in [1.29, 1.82) is 0 Å². The van der Waals surface area contributed by atoms with E-state index in [4.69, 9.17) is 11.6 Å². The number of nitrogens with zero attached hydrogens (tertiary/aromatic N) is 3. The highest BCUT2D eigenvalue weighted by molar-refractivity contribution is 9.10. The number of imidazole rings is 1. The van der Waals surface area contributed by atoms with E-state index in [0.29, 0.717) is 12.4 Å². The van der Waals surface area contributed by atoms with Crippen molar-refractivity contribution in [3.05, 3.63) is 56.9 Å². The molecule has 0 fully saturated rings. The molecule has 0 amide bonds. The summed E-state index contributed by atoms with van der Waals surface area (Å²) in [7, 11) is 0. The minimum absolute atomic E-state index is 0.360. The Bertz CT molecular complexity index is 770. The first-order chi connectivity index (χ1) is 9.69. The summed E-state index contributed by atoms with van der Waals surface area (Å²) in [6.45, 7) is 0.689. The van der Waals surface area contributed by atoms with Gasteiger partial charge >= 0.3 is 0 Å². The molecule has 0 unspecified atom stereocenters. The van der Waals surface area contributed by atoms with Gasteiger partial charge in [-0.3, -0.25) is 0 Å². The second-order valence-electron chi connectivity index (χ2n) is 4.34. The van der Waals surface area contributed by atoms with Crippen molar-refractivity contribution in [2.45, 2.75) is 12.4 Å². The second kappa shape index (κ2) is 5.84. The summed E-state index contributed by atoms with van der Waals surface area (Å²) < 4.78 is 4.03. The third-order valence-electron chi connectivity index (χ3n) is 3.04. The van der Waals surface area contributed by atoms with Gasteiger partial charge in [0.2, 0.25) is 0 Å². The van der Waals surface area contributed by atoms with E-state index in [9.17, 15) is 0 Å². The van der Waals surface area contributed by atoms with Gasteiger partial charge in [0.15, 0.2) is 5.65 Å². The fourth-order valence-electron chi connectivity index (χ4n) is 2.10. The lowest BCUT2D eigenvalue weighted by atomic mass is 10.2. The average molecular weight is 416 g/mol. The first kappa shape index (κ1) is 14.0. The largest absolute Gasteiger partial charge is 0.307 e. The molecule has 20 heavy (non-hydrogen) atoms. The van der Waals surface area contributed by atoms with Gasteiger partial charge in [-0.25, -0.2) is 9.97 Å². The summed E-state index contributed by atoms with van der Waals surface area (Å²) in [4.78, 5) is 9.00. The van der Waals surface area contributed by atoms with Gasteiger partial charge in [0.25, 0.3) is 0 Å². The fourth-order valence-corrected chi connectivity index (χ4v) is 3.03. The van der Waals surface area contributed by atoms with Gasteiger partial charge in [-0.2, -0.15) is 0 Å². The monoisotopic (exact) mass is 413 g/mol. The Hall–Kier alpha value is -0.910. The van der Waals surface area contributed by atoms with Crippen LogP contribution in [0, 0.1) is 0 Å². The molecule has 0 aliphatic carbocycles. The van der Waals surface area contributed by atoms with Crippen molar-refractivity contribution in [2.24, 2.45) is 0 Å². The smallest absolute Gasteiger partial charge is 0.160 e. The van der Waals surface area contributed by atoms with Crippen LogP contribution >= 0.6 is 43.5 Å². The molecule has 0 N–H and O–H groups in total. The molecular formula is C14H10Br2ClN3. The maximum Gasteiger partial charge on any atom is 0.160 e. The van der Waals surface area contributed by atoms with E-state index >= 15 is 0 Å². The van der Waals surface area contributed by atoms with Gasteiger partial charge in [-0.05, 0) is 33.6 Å². The predicted octanol–water partition coefficient (Wildman–Crippen LogP) is 4.74. The van der Waals surface area contributed by atoms with E-state index in [-0.39, 0.29) is 0 Å². The first-order valence-electron chi connectivity index (χ1n) is 5.99. The van der Waals surface area contributed by atoms with Crippen molar-refractivity contribution in [1.82, 2.24) is 14.5 Å². The summed E-state index contributed by atoms with van der Waals surface area (Å²) in [6.07, 6.45) is 1.78. The number of halogens is 3. The highest BCUT2D eigenvalue weighted by Gasteiger charge is 2.12. The van der Waals surface area contributed by atoms with Crippen LogP contribution in [0.1, 0.15) is 11.4 Å². The number of alkyl halides is 1. The van der Waals surface area contributed by atoms with E-state index in [1.807, 2.05) is 24.3 Å². The third kappa shape index (κ3) is 2.62. The molecule has 0 saturated carbocycles. The van der Waals surface area contributed by atoms with Crippen LogP contribution in [0.3, 0.4) is 0 Å². The Morgan fingerprint density at radius 1 is 1.20 bits per heavy atom. The molecule has 0 aliphatic rings. The number of rotatable bonds is 3. The minimum Gasteiger partial charge on any atom is -0.307 e. The van der Waals surface area contributed by atoms with Gasteiger partial charge in [0.1, 0.15) is 11.3 Å². The zero-order valence-electron chi connectivity index (χ0n) is 10.4. The van der Waals surface area contributed by atoms with Crippen molar-refractivity contribution < 1.29 is 0 Å². The SMILES string of the molecule is ClCc1nc2cc(Br)cnc2n1Cc1ccccc1Br. The standard InChI is InChI=1S/C14H10Br2ClN3/c15-10-5-12-14(18-7-10)20(13(6-17)19-12)8-9-3-1-2-4-11(9)16/h1-5,7H,6,8H2. The number of hydrogen-bond donors (Lipinski definition) is 0. The lowest BCUT2D eigenvalue weighted by molar-refractivity contribution is 0.768. The van der Waals surface area contributed by atoms with Crippen LogP contribution in [0.5, 0.6) is 0 Å². The van der Waals surface area contributed by atoms with Crippen LogP contribution in [0.4, 0.5) is 0 Å². The van der Waals surface area contributed by atoms with Gasteiger partial charge < -0.3 is 4.57 Å². The molecule has 2 heterocycles. The molecule has 3 rings (SSSR count). The number of benzene rings is 1. The van der Waals surface area contributed by atoms with E-state index in [1.165, 1.54) is 5.56 Å². The molecule has 0 spiro atoms.